The molecule has 2 saturated carbocycles. The van der Waals surface area contributed by atoms with Gasteiger partial charge in [-0.05, 0) is 75.0 Å². The van der Waals surface area contributed by atoms with Gasteiger partial charge < -0.3 is 0 Å². The van der Waals surface area contributed by atoms with Crippen LogP contribution in [0.3, 0.4) is 0 Å². The highest BCUT2D eigenvalue weighted by atomic mass is 14.3. The molecule has 0 saturated heterocycles. The van der Waals surface area contributed by atoms with Crippen molar-refractivity contribution in [1.29, 1.82) is 0 Å². The van der Waals surface area contributed by atoms with Crippen LogP contribution in [0.15, 0.2) is 24.8 Å². The minimum atomic E-state index is 0.801. The van der Waals surface area contributed by atoms with Crippen molar-refractivity contribution in [3.63, 3.8) is 0 Å². The summed E-state index contributed by atoms with van der Waals surface area (Å²) in [6.45, 7) is 6.27. The van der Waals surface area contributed by atoms with Gasteiger partial charge in [0, 0.05) is 0 Å². The second-order valence-electron chi connectivity index (χ2n) is 6.48. The molecule has 2 rings (SSSR count). The van der Waals surface area contributed by atoms with E-state index in [1.54, 1.807) is 0 Å². The molecular weight excluding hydrogens is 216 g/mol. The third-order valence-corrected chi connectivity index (χ3v) is 5.27. The molecule has 0 spiro atoms. The van der Waals surface area contributed by atoms with E-state index in [0.29, 0.717) is 0 Å². The zero-order chi connectivity index (χ0) is 12.8. The molecule has 0 heterocycles. The van der Waals surface area contributed by atoms with Crippen LogP contribution < -0.4 is 0 Å². The van der Waals surface area contributed by atoms with Gasteiger partial charge in [0.25, 0.3) is 0 Å². The lowest BCUT2D eigenvalue weighted by molar-refractivity contribution is 0.301. The lowest BCUT2D eigenvalue weighted by Crippen LogP contribution is -2.14. The van der Waals surface area contributed by atoms with E-state index in [4.69, 9.17) is 0 Å². The molecule has 0 unspecified atom stereocenters. The molecule has 0 aromatic heterocycles. The van der Waals surface area contributed by atoms with Gasteiger partial charge in [-0.2, -0.15) is 0 Å². The Labute approximate surface area is 114 Å². The topological polar surface area (TPSA) is 0 Å². The minimum Gasteiger partial charge on any atom is -0.103 e. The monoisotopic (exact) mass is 246 g/mol. The van der Waals surface area contributed by atoms with E-state index in [1.165, 1.54) is 57.8 Å². The lowest BCUT2D eigenvalue weighted by Gasteiger charge is -2.27. The fraction of sp³-hybridized carbons (Fsp3) is 0.778. The van der Waals surface area contributed by atoms with Gasteiger partial charge in [0.15, 0.2) is 0 Å². The van der Waals surface area contributed by atoms with E-state index in [0.717, 1.165) is 23.7 Å². The normalized spacial score (nSPS) is 37.8. The maximum absolute atomic E-state index is 3.93. The van der Waals surface area contributed by atoms with Crippen LogP contribution in [0, 0.1) is 23.7 Å². The summed E-state index contributed by atoms with van der Waals surface area (Å²) >= 11 is 0. The van der Waals surface area contributed by atoms with Crippen molar-refractivity contribution in [1.82, 2.24) is 0 Å². The van der Waals surface area contributed by atoms with E-state index < -0.39 is 0 Å². The van der Waals surface area contributed by atoms with E-state index in [9.17, 15) is 0 Å². The SMILES string of the molecule is C=CC1CCC(/C=C/C2CCC(CC)CC2)CC1. The Morgan fingerprint density at radius 3 is 1.67 bits per heavy atom. The van der Waals surface area contributed by atoms with Crippen molar-refractivity contribution in [3.8, 4) is 0 Å². The quantitative estimate of drug-likeness (QED) is 0.554. The summed E-state index contributed by atoms with van der Waals surface area (Å²) in [7, 11) is 0. The smallest absolute Gasteiger partial charge is 0.0233 e. The maximum Gasteiger partial charge on any atom is -0.0233 e. The first-order valence-electron chi connectivity index (χ1n) is 8.12. The van der Waals surface area contributed by atoms with Crippen molar-refractivity contribution >= 4 is 0 Å². The highest BCUT2D eigenvalue weighted by Crippen LogP contribution is 2.33. The molecule has 0 bridgehead atoms. The number of hydrogen-bond donors (Lipinski definition) is 0. The van der Waals surface area contributed by atoms with Gasteiger partial charge in [-0.25, -0.2) is 0 Å². The Bertz CT molecular complexity index is 260. The first-order valence-corrected chi connectivity index (χ1v) is 8.12. The first-order chi connectivity index (χ1) is 8.81. The summed E-state index contributed by atoms with van der Waals surface area (Å²) in [5, 5.41) is 0. The Morgan fingerprint density at radius 1 is 0.778 bits per heavy atom. The molecule has 102 valence electrons. The largest absolute Gasteiger partial charge is 0.103 e. The molecule has 0 heteroatoms. The van der Waals surface area contributed by atoms with Crippen LogP contribution in [0.4, 0.5) is 0 Å². The fourth-order valence-corrected chi connectivity index (χ4v) is 3.68. The molecule has 0 amide bonds. The number of allylic oxidation sites excluding steroid dienone is 3. The zero-order valence-corrected chi connectivity index (χ0v) is 12.1. The van der Waals surface area contributed by atoms with Gasteiger partial charge in [-0.15, -0.1) is 6.58 Å². The summed E-state index contributed by atoms with van der Waals surface area (Å²) in [6.07, 6.45) is 20.0. The van der Waals surface area contributed by atoms with E-state index in [2.05, 4.69) is 31.7 Å². The average molecular weight is 246 g/mol. The van der Waals surface area contributed by atoms with Crippen LogP contribution in [0.25, 0.3) is 0 Å². The van der Waals surface area contributed by atoms with Crippen LogP contribution in [-0.2, 0) is 0 Å². The number of hydrogen-bond acceptors (Lipinski definition) is 0. The summed E-state index contributed by atoms with van der Waals surface area (Å²) in [6, 6.07) is 0. The highest BCUT2D eigenvalue weighted by Gasteiger charge is 2.20. The summed E-state index contributed by atoms with van der Waals surface area (Å²) in [5.41, 5.74) is 0. The molecule has 18 heavy (non-hydrogen) atoms. The highest BCUT2D eigenvalue weighted by molar-refractivity contribution is 4.97. The first kappa shape index (κ1) is 13.9. The van der Waals surface area contributed by atoms with E-state index >= 15 is 0 Å². The second kappa shape index (κ2) is 7.16. The Kier molecular flexibility index (Phi) is 5.53. The van der Waals surface area contributed by atoms with E-state index in [-0.39, 0.29) is 0 Å². The Morgan fingerprint density at radius 2 is 1.22 bits per heavy atom. The molecule has 0 nitrogen and oxygen atoms in total. The molecule has 0 N–H and O–H groups in total. The fourth-order valence-electron chi connectivity index (χ4n) is 3.68. The predicted molar refractivity (Wildman–Crippen MR) is 80.5 cm³/mol. The van der Waals surface area contributed by atoms with Gasteiger partial charge in [0.05, 0.1) is 0 Å². The minimum absolute atomic E-state index is 0.801. The Hall–Kier alpha value is -0.520. The standard InChI is InChI=1S/C18H30/c1-3-15-5-9-17(10-6-15)13-14-18-11-7-16(4-2)8-12-18/h3,13-18H,1,4-12H2,2H3/b14-13+. The van der Waals surface area contributed by atoms with E-state index in [1.807, 2.05) is 0 Å². The molecule has 0 aliphatic heterocycles. The van der Waals surface area contributed by atoms with Crippen LogP contribution in [-0.4, -0.2) is 0 Å². The predicted octanol–water partition coefficient (Wildman–Crippen LogP) is 5.75. The van der Waals surface area contributed by atoms with Crippen molar-refractivity contribution < 1.29 is 0 Å². The van der Waals surface area contributed by atoms with Crippen molar-refractivity contribution in [2.45, 2.75) is 64.7 Å². The second-order valence-corrected chi connectivity index (χ2v) is 6.48. The zero-order valence-electron chi connectivity index (χ0n) is 12.1. The van der Waals surface area contributed by atoms with Gasteiger partial charge in [0.1, 0.15) is 0 Å². The summed E-state index contributed by atoms with van der Waals surface area (Å²) in [5.74, 6) is 3.59. The molecule has 2 aliphatic carbocycles. The molecular formula is C18H30. The Balaban J connectivity index is 1.70. The molecule has 0 aromatic rings. The van der Waals surface area contributed by atoms with Gasteiger partial charge in [0.2, 0.25) is 0 Å². The van der Waals surface area contributed by atoms with Crippen molar-refractivity contribution in [2.75, 3.05) is 0 Å². The third kappa shape index (κ3) is 4.00. The maximum atomic E-state index is 3.93. The van der Waals surface area contributed by atoms with Crippen LogP contribution in [0.5, 0.6) is 0 Å². The molecule has 0 radical (unpaired) electrons. The molecule has 2 fully saturated rings. The summed E-state index contributed by atoms with van der Waals surface area (Å²) in [4.78, 5) is 0. The summed E-state index contributed by atoms with van der Waals surface area (Å²) < 4.78 is 0. The van der Waals surface area contributed by atoms with Gasteiger partial charge >= 0.3 is 0 Å². The average Bonchev–Trinajstić information content (AvgIpc) is 2.46. The molecule has 2 aliphatic rings. The van der Waals surface area contributed by atoms with Crippen LogP contribution >= 0.6 is 0 Å². The van der Waals surface area contributed by atoms with Crippen LogP contribution in [0.2, 0.25) is 0 Å². The van der Waals surface area contributed by atoms with Crippen LogP contribution in [0.1, 0.15) is 64.7 Å². The van der Waals surface area contributed by atoms with Gasteiger partial charge in [-0.1, -0.05) is 31.6 Å². The number of rotatable bonds is 4. The van der Waals surface area contributed by atoms with Crippen molar-refractivity contribution in [3.05, 3.63) is 24.8 Å². The molecule has 0 aromatic carbocycles. The lowest BCUT2D eigenvalue weighted by atomic mass is 9.78. The molecule has 0 atom stereocenters. The van der Waals surface area contributed by atoms with Crippen molar-refractivity contribution in [2.24, 2.45) is 23.7 Å². The third-order valence-electron chi connectivity index (χ3n) is 5.27. The van der Waals surface area contributed by atoms with Gasteiger partial charge in [-0.3, -0.25) is 0 Å².